The van der Waals surface area contributed by atoms with E-state index in [2.05, 4.69) is 53.4 Å². The zero-order chi connectivity index (χ0) is 14.7. The smallest absolute Gasteiger partial charge is 0.0367 e. The second-order valence-electron chi connectivity index (χ2n) is 6.90. The van der Waals surface area contributed by atoms with E-state index in [0.29, 0.717) is 6.04 Å². The number of likely N-dealkylation sites (tertiary alicyclic amines) is 1. The average Bonchev–Trinajstić information content (AvgIpc) is 2.91. The maximum atomic E-state index is 3.60. The van der Waals surface area contributed by atoms with E-state index in [0.717, 1.165) is 12.5 Å². The van der Waals surface area contributed by atoms with E-state index >= 15 is 0 Å². The van der Waals surface area contributed by atoms with E-state index in [4.69, 9.17) is 0 Å². The molecule has 2 aliphatic rings. The van der Waals surface area contributed by atoms with E-state index in [9.17, 15) is 0 Å². The number of rotatable bonds is 4. The molecule has 2 unspecified atom stereocenters. The summed E-state index contributed by atoms with van der Waals surface area (Å²) < 4.78 is 0. The van der Waals surface area contributed by atoms with Crippen molar-refractivity contribution in [2.24, 2.45) is 5.92 Å². The lowest BCUT2D eigenvalue weighted by Crippen LogP contribution is -2.34. The van der Waals surface area contributed by atoms with Gasteiger partial charge in [-0.05, 0) is 69.5 Å². The lowest BCUT2D eigenvalue weighted by Gasteiger charge is -2.33. The van der Waals surface area contributed by atoms with Crippen LogP contribution in [0.3, 0.4) is 0 Å². The summed E-state index contributed by atoms with van der Waals surface area (Å²) in [6.45, 7) is 7.10. The van der Waals surface area contributed by atoms with Gasteiger partial charge >= 0.3 is 0 Å². The van der Waals surface area contributed by atoms with Gasteiger partial charge in [0.25, 0.3) is 0 Å². The van der Waals surface area contributed by atoms with E-state index < -0.39 is 0 Å². The molecule has 3 heteroatoms. The van der Waals surface area contributed by atoms with Gasteiger partial charge in [-0.3, -0.25) is 0 Å². The van der Waals surface area contributed by atoms with Gasteiger partial charge in [0.05, 0.1) is 0 Å². The van der Waals surface area contributed by atoms with Crippen molar-refractivity contribution in [1.29, 1.82) is 0 Å². The monoisotopic (exact) mass is 287 g/mol. The van der Waals surface area contributed by atoms with Crippen molar-refractivity contribution < 1.29 is 0 Å². The van der Waals surface area contributed by atoms with Crippen LogP contribution in [0, 0.1) is 5.92 Å². The quantitative estimate of drug-likeness (QED) is 0.915. The Labute approximate surface area is 129 Å². The van der Waals surface area contributed by atoms with Gasteiger partial charge in [-0.1, -0.05) is 6.92 Å². The summed E-state index contributed by atoms with van der Waals surface area (Å²) in [5, 5.41) is 3.60. The first-order valence-electron chi connectivity index (χ1n) is 8.51. The Bertz CT molecular complexity index is 442. The molecular formula is C18H29N3. The lowest BCUT2D eigenvalue weighted by molar-refractivity contribution is 0.322. The number of nitrogens with one attached hydrogen (secondary N) is 1. The molecule has 0 spiro atoms. The fourth-order valence-electron chi connectivity index (χ4n) is 3.69. The number of hydrogen-bond acceptors (Lipinski definition) is 3. The third-order valence-corrected chi connectivity index (χ3v) is 5.10. The third-order valence-electron chi connectivity index (χ3n) is 5.10. The van der Waals surface area contributed by atoms with Crippen LogP contribution in [0.5, 0.6) is 0 Å². The molecule has 1 N–H and O–H groups in total. The Balaban J connectivity index is 1.54. The van der Waals surface area contributed by atoms with Crippen LogP contribution in [0.25, 0.3) is 0 Å². The van der Waals surface area contributed by atoms with Crippen molar-refractivity contribution >= 4 is 11.4 Å². The SMILES string of the molecule is CC1CCCN(c2ccc(NCC3CCCN3C)cc2)C1. The fourth-order valence-corrected chi connectivity index (χ4v) is 3.69. The summed E-state index contributed by atoms with van der Waals surface area (Å²) in [5.41, 5.74) is 2.63. The molecule has 2 heterocycles. The third kappa shape index (κ3) is 3.70. The van der Waals surface area contributed by atoms with Crippen LogP contribution >= 0.6 is 0 Å². The Morgan fingerprint density at radius 2 is 1.86 bits per heavy atom. The van der Waals surface area contributed by atoms with Crippen molar-refractivity contribution in [1.82, 2.24) is 4.90 Å². The summed E-state index contributed by atoms with van der Waals surface area (Å²) in [7, 11) is 2.24. The Kier molecular flexibility index (Phi) is 4.69. The molecule has 1 aromatic rings. The van der Waals surface area contributed by atoms with Gasteiger partial charge < -0.3 is 15.1 Å². The second kappa shape index (κ2) is 6.69. The summed E-state index contributed by atoms with van der Waals surface area (Å²) in [6.07, 6.45) is 5.38. The molecule has 2 saturated heterocycles. The largest absolute Gasteiger partial charge is 0.383 e. The molecule has 0 bridgehead atoms. The van der Waals surface area contributed by atoms with Crippen molar-refractivity contribution in [2.75, 3.05) is 43.4 Å². The molecular weight excluding hydrogens is 258 g/mol. The molecule has 0 amide bonds. The van der Waals surface area contributed by atoms with Gasteiger partial charge in [0, 0.05) is 37.1 Å². The summed E-state index contributed by atoms with van der Waals surface area (Å²) >= 11 is 0. The molecule has 2 fully saturated rings. The zero-order valence-electron chi connectivity index (χ0n) is 13.5. The van der Waals surface area contributed by atoms with Gasteiger partial charge in [-0.2, -0.15) is 0 Å². The summed E-state index contributed by atoms with van der Waals surface area (Å²) in [5.74, 6) is 0.828. The van der Waals surface area contributed by atoms with Crippen molar-refractivity contribution in [3.05, 3.63) is 24.3 Å². The van der Waals surface area contributed by atoms with Gasteiger partial charge in [0.15, 0.2) is 0 Å². The molecule has 2 atom stereocenters. The maximum absolute atomic E-state index is 3.60. The van der Waals surface area contributed by atoms with Crippen LogP contribution in [-0.2, 0) is 0 Å². The number of hydrogen-bond donors (Lipinski definition) is 1. The molecule has 0 radical (unpaired) electrons. The topological polar surface area (TPSA) is 18.5 Å². The van der Waals surface area contributed by atoms with Gasteiger partial charge in [0.1, 0.15) is 0 Å². The summed E-state index contributed by atoms with van der Waals surface area (Å²) in [6, 6.07) is 9.73. The standard InChI is InChI=1S/C18H29N3/c1-15-5-3-12-21(14-15)17-9-7-16(8-10-17)19-13-18-6-4-11-20(18)2/h7-10,15,18-19H,3-6,11-14H2,1-2H3. The number of piperidine rings is 1. The zero-order valence-corrected chi connectivity index (χ0v) is 13.5. The van der Waals surface area contributed by atoms with E-state index in [1.54, 1.807) is 0 Å². The first-order valence-corrected chi connectivity index (χ1v) is 8.51. The molecule has 0 aromatic heterocycles. The predicted molar refractivity (Wildman–Crippen MR) is 91.2 cm³/mol. The molecule has 2 aliphatic heterocycles. The van der Waals surface area contributed by atoms with E-state index in [-0.39, 0.29) is 0 Å². The van der Waals surface area contributed by atoms with Gasteiger partial charge in [-0.15, -0.1) is 0 Å². The van der Waals surface area contributed by atoms with E-state index in [1.807, 2.05) is 0 Å². The second-order valence-corrected chi connectivity index (χ2v) is 6.90. The molecule has 1 aromatic carbocycles. The van der Waals surface area contributed by atoms with Crippen LogP contribution < -0.4 is 10.2 Å². The highest BCUT2D eigenvalue weighted by Crippen LogP contribution is 2.24. The summed E-state index contributed by atoms with van der Waals surface area (Å²) in [4.78, 5) is 5.00. The number of likely N-dealkylation sites (N-methyl/N-ethyl adjacent to an activating group) is 1. The fraction of sp³-hybridized carbons (Fsp3) is 0.667. The van der Waals surface area contributed by atoms with Crippen molar-refractivity contribution in [2.45, 2.75) is 38.6 Å². The highest BCUT2D eigenvalue weighted by atomic mass is 15.2. The minimum Gasteiger partial charge on any atom is -0.383 e. The molecule has 0 saturated carbocycles. The molecule has 116 valence electrons. The molecule has 3 nitrogen and oxygen atoms in total. The highest BCUT2D eigenvalue weighted by Gasteiger charge is 2.20. The highest BCUT2D eigenvalue weighted by molar-refractivity contribution is 5.55. The first kappa shape index (κ1) is 14.7. The van der Waals surface area contributed by atoms with Crippen LogP contribution in [0.4, 0.5) is 11.4 Å². The molecule has 3 rings (SSSR count). The number of benzene rings is 1. The van der Waals surface area contributed by atoms with Crippen LogP contribution in [0.15, 0.2) is 24.3 Å². The predicted octanol–water partition coefficient (Wildman–Crippen LogP) is 3.43. The van der Waals surface area contributed by atoms with Crippen LogP contribution in [0.1, 0.15) is 32.6 Å². The van der Waals surface area contributed by atoms with Crippen LogP contribution in [0.2, 0.25) is 0 Å². The van der Waals surface area contributed by atoms with E-state index in [1.165, 1.54) is 56.7 Å². The lowest BCUT2D eigenvalue weighted by atomic mass is 10.00. The van der Waals surface area contributed by atoms with Gasteiger partial charge in [0.2, 0.25) is 0 Å². The Morgan fingerprint density at radius 3 is 2.52 bits per heavy atom. The normalized spacial score (nSPS) is 27.0. The Hall–Kier alpha value is -1.22. The first-order chi connectivity index (χ1) is 10.2. The molecule has 21 heavy (non-hydrogen) atoms. The Morgan fingerprint density at radius 1 is 1.10 bits per heavy atom. The maximum Gasteiger partial charge on any atom is 0.0367 e. The minimum atomic E-state index is 0.702. The van der Waals surface area contributed by atoms with Crippen molar-refractivity contribution in [3.8, 4) is 0 Å². The van der Waals surface area contributed by atoms with Crippen molar-refractivity contribution in [3.63, 3.8) is 0 Å². The van der Waals surface area contributed by atoms with Crippen LogP contribution in [-0.4, -0.2) is 44.2 Å². The number of nitrogens with zero attached hydrogens (tertiary/aromatic N) is 2. The minimum absolute atomic E-state index is 0.702. The van der Waals surface area contributed by atoms with Gasteiger partial charge in [-0.25, -0.2) is 0 Å². The molecule has 0 aliphatic carbocycles. The average molecular weight is 287 g/mol. The number of anilines is 2.